The molecule has 19 aromatic rings. The van der Waals surface area contributed by atoms with Gasteiger partial charge in [0.1, 0.15) is 11.6 Å². The Balaban J connectivity index is 0.000000132. The van der Waals surface area contributed by atoms with E-state index in [1.54, 1.807) is 0 Å². The lowest BCUT2D eigenvalue weighted by molar-refractivity contribution is 0.704. The van der Waals surface area contributed by atoms with E-state index in [-0.39, 0.29) is 0 Å². The Bertz CT molecular complexity index is 6790. The largest absolute Gasteiger partial charge is 0.324 e. The summed E-state index contributed by atoms with van der Waals surface area (Å²) in [5, 5.41) is 10.3. The second-order valence-corrected chi connectivity index (χ2v) is 28.8. The summed E-state index contributed by atoms with van der Waals surface area (Å²) in [6.07, 6.45) is 1.05. The fourth-order valence-corrected chi connectivity index (χ4v) is 19.3. The number of rotatable bonds is 7. The first-order chi connectivity index (χ1) is 52.0. The van der Waals surface area contributed by atoms with Gasteiger partial charge in [-0.25, -0.2) is 9.97 Å². The fourth-order valence-electron chi connectivity index (χ4n) is 19.3. The Labute approximate surface area is 608 Å². The van der Waals surface area contributed by atoms with E-state index in [1.165, 1.54) is 160 Å². The van der Waals surface area contributed by atoms with E-state index in [9.17, 15) is 0 Å². The monoisotopic (exact) mass is 1330 g/mol. The van der Waals surface area contributed by atoms with E-state index < -0.39 is 10.8 Å². The van der Waals surface area contributed by atoms with Crippen LogP contribution in [0.5, 0.6) is 0 Å². The van der Waals surface area contributed by atoms with Crippen LogP contribution in [0.4, 0.5) is 0 Å². The molecule has 0 bridgehead atoms. The minimum atomic E-state index is -0.417. The summed E-state index contributed by atoms with van der Waals surface area (Å²) in [6.45, 7) is 3.17. The lowest BCUT2D eigenvalue weighted by Gasteiger charge is -2.31. The highest BCUT2D eigenvalue weighted by atomic mass is 15.1. The van der Waals surface area contributed by atoms with Crippen LogP contribution in [0.15, 0.2) is 358 Å². The molecule has 490 valence electrons. The highest BCUT2D eigenvalue weighted by molar-refractivity contribution is 6.13. The van der Waals surface area contributed by atoms with Crippen molar-refractivity contribution in [2.45, 2.75) is 30.7 Å². The van der Waals surface area contributed by atoms with Crippen LogP contribution < -0.4 is 0 Å². The summed E-state index contributed by atoms with van der Waals surface area (Å²) in [4.78, 5) is 10.3. The molecule has 2 spiro atoms. The third-order valence-electron chi connectivity index (χ3n) is 23.5. The molecular formula is C101H66N4. The Hall–Kier alpha value is -13.3. The molecule has 0 aliphatic heterocycles. The topological polar surface area (TPSA) is 35.6 Å². The van der Waals surface area contributed by atoms with Crippen LogP contribution in [-0.2, 0) is 17.4 Å². The number of aromatic nitrogens is 4. The molecule has 4 nitrogen and oxygen atoms in total. The molecule has 2 aromatic heterocycles. The number of benzene rings is 17. The number of hydrogen-bond acceptors (Lipinski definition) is 2. The first-order valence-electron chi connectivity index (χ1n) is 36.8. The van der Waals surface area contributed by atoms with Gasteiger partial charge < -0.3 is 4.57 Å². The molecule has 2 heterocycles. The summed E-state index contributed by atoms with van der Waals surface area (Å²) in [5.41, 5.74) is 33.3. The van der Waals surface area contributed by atoms with Crippen LogP contribution in [0.1, 0.15) is 57.9 Å². The molecule has 23 rings (SSSR count). The van der Waals surface area contributed by atoms with Gasteiger partial charge in [-0.15, -0.1) is 0 Å². The van der Waals surface area contributed by atoms with Crippen molar-refractivity contribution in [3.8, 4) is 95.2 Å². The Kier molecular flexibility index (Phi) is 12.9. The number of imidazole rings is 2. The molecule has 0 radical (unpaired) electrons. The van der Waals surface area contributed by atoms with Gasteiger partial charge in [-0.2, -0.15) is 0 Å². The summed E-state index contributed by atoms with van der Waals surface area (Å²) >= 11 is 0. The predicted molar refractivity (Wildman–Crippen MR) is 435 cm³/mol. The molecule has 0 saturated carbocycles. The summed E-state index contributed by atoms with van der Waals surface area (Å²) in [6, 6.07) is 132. The van der Waals surface area contributed by atoms with E-state index in [0.717, 1.165) is 58.0 Å². The van der Waals surface area contributed by atoms with Crippen LogP contribution in [0.3, 0.4) is 0 Å². The van der Waals surface area contributed by atoms with E-state index in [4.69, 9.17) is 9.97 Å². The molecule has 0 unspecified atom stereocenters. The number of aryl methyl sites for hydroxylation is 1. The van der Waals surface area contributed by atoms with Gasteiger partial charge in [-0.05, 0) is 221 Å². The first-order valence-corrected chi connectivity index (χ1v) is 36.8. The third-order valence-corrected chi connectivity index (χ3v) is 23.5. The van der Waals surface area contributed by atoms with Crippen LogP contribution in [0.25, 0.3) is 160 Å². The normalized spacial score (nSPS) is 13.4. The minimum absolute atomic E-state index is 0.402. The Morgan fingerprint density at radius 1 is 0.267 bits per heavy atom. The standard InChI is InChI=1S/C52H32N2.C49H34N2/c1-2-16-38(17-3-1)54-48-24-11-10-23-47(48)53-51(54)37-15-12-14-34(32-37)35-25-28-40-36(31-35)26-29-43-49-39-18-5-4-13-33(39)27-30-46(49)52(50(40)43)44-21-8-6-19-41(44)42-20-7-9-22-45(42)52;1-2-28-51-45-21-10-9-20-44(45)50-48(51)35-14-11-13-32(30-35)33-22-25-37-34(29-33)23-26-40-46-36-15-4-3-12-31(36)24-27-43(46)49(47(37)40)41-18-7-5-16-38(41)39-17-6-8-19-42(39)49/h1-32H;3-27,29-30H,2,28H2,1H3. The minimum Gasteiger partial charge on any atom is -0.324 e. The fraction of sp³-hybridized carbons (Fsp3) is 0.0495. The smallest absolute Gasteiger partial charge is 0.145 e. The van der Waals surface area contributed by atoms with E-state index in [1.807, 2.05) is 0 Å². The zero-order valence-corrected chi connectivity index (χ0v) is 57.8. The van der Waals surface area contributed by atoms with Gasteiger partial charge in [-0.1, -0.05) is 304 Å². The van der Waals surface area contributed by atoms with Gasteiger partial charge in [-0.3, -0.25) is 4.57 Å². The number of fused-ring (bicyclic) bond motifs is 30. The van der Waals surface area contributed by atoms with Gasteiger partial charge in [0.15, 0.2) is 0 Å². The average molecular weight is 1340 g/mol. The Morgan fingerprint density at radius 2 is 0.667 bits per heavy atom. The van der Waals surface area contributed by atoms with Gasteiger partial charge in [0.2, 0.25) is 0 Å². The molecule has 0 atom stereocenters. The van der Waals surface area contributed by atoms with Crippen molar-refractivity contribution in [1.82, 2.24) is 19.1 Å². The van der Waals surface area contributed by atoms with Crippen molar-refractivity contribution in [3.63, 3.8) is 0 Å². The maximum Gasteiger partial charge on any atom is 0.145 e. The number of para-hydroxylation sites is 5. The maximum atomic E-state index is 5.17. The number of hydrogen-bond donors (Lipinski definition) is 0. The molecule has 4 aliphatic rings. The van der Waals surface area contributed by atoms with Crippen molar-refractivity contribution in [1.29, 1.82) is 0 Å². The van der Waals surface area contributed by atoms with Crippen molar-refractivity contribution < 1.29 is 0 Å². The van der Waals surface area contributed by atoms with Crippen molar-refractivity contribution in [2.75, 3.05) is 0 Å². The predicted octanol–water partition coefficient (Wildman–Crippen LogP) is 25.4. The molecular weight excluding hydrogens is 1270 g/mol. The second-order valence-electron chi connectivity index (χ2n) is 28.8. The van der Waals surface area contributed by atoms with Crippen LogP contribution in [-0.4, -0.2) is 19.1 Å². The zero-order chi connectivity index (χ0) is 69.1. The van der Waals surface area contributed by atoms with Crippen molar-refractivity contribution in [2.24, 2.45) is 0 Å². The molecule has 17 aromatic carbocycles. The average Bonchev–Trinajstić information content (AvgIpc) is 1.50. The van der Waals surface area contributed by atoms with Gasteiger partial charge in [0.05, 0.1) is 32.9 Å². The molecule has 4 aliphatic carbocycles. The molecule has 105 heavy (non-hydrogen) atoms. The van der Waals surface area contributed by atoms with Crippen molar-refractivity contribution in [3.05, 3.63) is 402 Å². The molecule has 0 fully saturated rings. The molecule has 0 saturated heterocycles. The highest BCUT2D eigenvalue weighted by Crippen LogP contribution is 2.67. The molecule has 0 N–H and O–H groups in total. The van der Waals surface area contributed by atoms with Crippen LogP contribution in [0, 0.1) is 0 Å². The van der Waals surface area contributed by atoms with Crippen LogP contribution >= 0.6 is 0 Å². The summed E-state index contributed by atoms with van der Waals surface area (Å²) < 4.78 is 4.65. The van der Waals surface area contributed by atoms with Gasteiger partial charge in [0, 0.05) is 23.4 Å². The number of nitrogens with zero attached hydrogens (tertiary/aromatic N) is 4. The quantitative estimate of drug-likeness (QED) is 0.159. The summed E-state index contributed by atoms with van der Waals surface area (Å²) in [7, 11) is 0. The van der Waals surface area contributed by atoms with Crippen molar-refractivity contribution >= 4 is 65.2 Å². The highest BCUT2D eigenvalue weighted by Gasteiger charge is 2.54. The third kappa shape index (κ3) is 8.39. The molecule has 0 amide bonds. The summed E-state index contributed by atoms with van der Waals surface area (Å²) in [5.74, 6) is 1.97. The first kappa shape index (κ1) is 59.4. The zero-order valence-electron chi connectivity index (χ0n) is 57.8. The second kappa shape index (κ2) is 22.9. The van der Waals surface area contributed by atoms with E-state index in [0.29, 0.717) is 0 Å². The lowest BCUT2D eigenvalue weighted by Crippen LogP contribution is -2.26. The van der Waals surface area contributed by atoms with Crippen LogP contribution in [0.2, 0.25) is 0 Å². The molecule has 4 heteroatoms. The van der Waals surface area contributed by atoms with E-state index >= 15 is 0 Å². The van der Waals surface area contributed by atoms with Gasteiger partial charge >= 0.3 is 0 Å². The Morgan fingerprint density at radius 3 is 1.18 bits per heavy atom. The SMILES string of the molecule is CCCn1c(-c2cccc(-c3ccc4c5c(ccc4c3)-c3c(ccc4ccccc34)C53c4ccccc4-c4ccccc43)c2)nc2ccccc21.c1ccc(-n2c(-c3cccc(-c4ccc5c6c(ccc5c4)-c4c(ccc5ccccc45)C64c5ccccc5-c5ccccc54)c3)nc3ccccc32)cc1. The lowest BCUT2D eigenvalue weighted by atomic mass is 9.69. The van der Waals surface area contributed by atoms with Gasteiger partial charge in [0.25, 0.3) is 0 Å². The van der Waals surface area contributed by atoms with E-state index in [2.05, 4.69) is 374 Å². The maximum absolute atomic E-state index is 5.17.